The molecule has 0 unspecified atom stereocenters. The fourth-order valence-corrected chi connectivity index (χ4v) is 3.21. The molecule has 1 heterocycles. The number of aliphatic hydroxyl groups is 2. The maximum absolute atomic E-state index is 11.0. The molecule has 0 atom stereocenters. The number of thioether (sulfide) groups is 1. The summed E-state index contributed by atoms with van der Waals surface area (Å²) < 4.78 is 2.07. The van der Waals surface area contributed by atoms with Gasteiger partial charge >= 0.3 is 0 Å². The van der Waals surface area contributed by atoms with E-state index in [1.54, 1.807) is 6.92 Å². The third-order valence-electron chi connectivity index (χ3n) is 4.04. The number of aromatic nitrogens is 1. The lowest BCUT2D eigenvalue weighted by Crippen LogP contribution is -2.33. The van der Waals surface area contributed by atoms with Gasteiger partial charge in [0.2, 0.25) is 0 Å². The first-order chi connectivity index (χ1) is 13.1. The van der Waals surface area contributed by atoms with Gasteiger partial charge in [0.25, 0.3) is 0 Å². The zero-order chi connectivity index (χ0) is 19.5. The first kappa shape index (κ1) is 21.2. The van der Waals surface area contributed by atoms with Crippen molar-refractivity contribution in [2.24, 2.45) is 0 Å². The number of pyridine rings is 1. The number of benzene rings is 1. The quantitative estimate of drug-likeness (QED) is 0.612. The Kier molecular flexibility index (Phi) is 9.04. The highest BCUT2D eigenvalue weighted by atomic mass is 32.2. The SMILES string of the molecule is CC(=O)SCC[n+]1ccc(/C=C/c2ccc(N(CCO)CCO)cc2)cc1. The molecular weight excluding hydrogens is 360 g/mol. The van der Waals surface area contributed by atoms with E-state index in [2.05, 4.69) is 16.7 Å². The van der Waals surface area contributed by atoms with Crippen LogP contribution in [0.5, 0.6) is 0 Å². The third kappa shape index (κ3) is 7.54. The van der Waals surface area contributed by atoms with Crippen molar-refractivity contribution in [1.29, 1.82) is 0 Å². The molecule has 0 saturated carbocycles. The number of aliphatic hydroxyl groups excluding tert-OH is 2. The summed E-state index contributed by atoms with van der Waals surface area (Å²) in [6.45, 7) is 3.53. The molecule has 5 nitrogen and oxygen atoms in total. The fraction of sp³-hybridized carbons (Fsp3) is 0.333. The molecule has 2 N–H and O–H groups in total. The van der Waals surface area contributed by atoms with Crippen LogP contribution in [0.4, 0.5) is 5.69 Å². The van der Waals surface area contributed by atoms with Gasteiger partial charge in [-0.25, -0.2) is 4.57 Å². The zero-order valence-electron chi connectivity index (χ0n) is 15.6. The zero-order valence-corrected chi connectivity index (χ0v) is 16.4. The van der Waals surface area contributed by atoms with Crippen LogP contribution in [0, 0.1) is 0 Å². The Bertz CT molecular complexity index is 724. The lowest BCUT2D eigenvalue weighted by Gasteiger charge is -2.22. The van der Waals surface area contributed by atoms with E-state index in [4.69, 9.17) is 10.2 Å². The van der Waals surface area contributed by atoms with E-state index in [1.165, 1.54) is 11.8 Å². The van der Waals surface area contributed by atoms with Gasteiger partial charge in [0.1, 0.15) is 0 Å². The molecule has 2 rings (SSSR count). The Hall–Kier alpha value is -2.15. The molecule has 0 radical (unpaired) electrons. The largest absolute Gasteiger partial charge is 0.395 e. The van der Waals surface area contributed by atoms with Gasteiger partial charge in [0, 0.05) is 37.8 Å². The van der Waals surface area contributed by atoms with Crippen LogP contribution in [-0.2, 0) is 11.3 Å². The van der Waals surface area contributed by atoms with Crippen LogP contribution in [0.2, 0.25) is 0 Å². The third-order valence-corrected chi connectivity index (χ3v) is 4.83. The summed E-state index contributed by atoms with van der Waals surface area (Å²) in [5.74, 6) is 0.783. The van der Waals surface area contributed by atoms with Gasteiger partial charge in [0.15, 0.2) is 24.1 Å². The van der Waals surface area contributed by atoms with Crippen LogP contribution >= 0.6 is 11.8 Å². The van der Waals surface area contributed by atoms with Crippen LogP contribution in [0.1, 0.15) is 18.1 Å². The van der Waals surface area contributed by atoms with Crippen LogP contribution < -0.4 is 9.47 Å². The van der Waals surface area contributed by atoms with Gasteiger partial charge in [-0.3, -0.25) is 4.79 Å². The lowest BCUT2D eigenvalue weighted by molar-refractivity contribution is -0.692. The van der Waals surface area contributed by atoms with E-state index in [9.17, 15) is 4.79 Å². The molecule has 0 spiro atoms. The maximum atomic E-state index is 11.0. The Morgan fingerprint density at radius 2 is 1.56 bits per heavy atom. The Morgan fingerprint density at radius 3 is 2.07 bits per heavy atom. The molecule has 0 fully saturated rings. The highest BCUT2D eigenvalue weighted by molar-refractivity contribution is 8.13. The van der Waals surface area contributed by atoms with Gasteiger partial charge in [-0.1, -0.05) is 36.0 Å². The second-order valence-electron chi connectivity index (χ2n) is 6.07. The van der Waals surface area contributed by atoms with E-state index < -0.39 is 0 Å². The second-order valence-corrected chi connectivity index (χ2v) is 7.34. The van der Waals surface area contributed by atoms with Crippen LogP contribution in [-0.4, -0.2) is 47.4 Å². The average molecular weight is 388 g/mol. The minimum absolute atomic E-state index is 0.0586. The summed E-state index contributed by atoms with van der Waals surface area (Å²) in [6, 6.07) is 12.1. The predicted molar refractivity (Wildman–Crippen MR) is 112 cm³/mol. The van der Waals surface area contributed by atoms with Crippen molar-refractivity contribution < 1.29 is 19.6 Å². The molecule has 0 amide bonds. The minimum atomic E-state index is 0.0586. The van der Waals surface area contributed by atoms with Crippen molar-refractivity contribution in [3.05, 3.63) is 59.9 Å². The van der Waals surface area contributed by atoms with Crippen molar-refractivity contribution in [3.8, 4) is 0 Å². The van der Waals surface area contributed by atoms with E-state index in [0.29, 0.717) is 13.1 Å². The molecule has 0 aliphatic rings. The van der Waals surface area contributed by atoms with Crippen molar-refractivity contribution in [1.82, 2.24) is 0 Å². The highest BCUT2D eigenvalue weighted by Gasteiger charge is 2.05. The molecule has 1 aromatic heterocycles. The molecule has 0 aliphatic carbocycles. The number of rotatable bonds is 10. The van der Waals surface area contributed by atoms with Gasteiger partial charge in [-0.15, -0.1) is 0 Å². The normalized spacial score (nSPS) is 11.1. The van der Waals surface area contributed by atoms with E-state index in [-0.39, 0.29) is 18.3 Å². The molecule has 0 saturated heterocycles. The van der Waals surface area contributed by atoms with Crippen LogP contribution in [0.3, 0.4) is 0 Å². The summed E-state index contributed by atoms with van der Waals surface area (Å²) in [5, 5.41) is 18.4. The second kappa shape index (κ2) is 11.5. The Labute approximate surface area is 165 Å². The van der Waals surface area contributed by atoms with Gasteiger partial charge in [0.05, 0.1) is 19.0 Å². The van der Waals surface area contributed by atoms with Gasteiger partial charge in [-0.05, 0) is 23.3 Å². The molecule has 2 aromatic rings. The van der Waals surface area contributed by atoms with Gasteiger partial charge in [-0.2, -0.15) is 0 Å². The monoisotopic (exact) mass is 387 g/mol. The summed E-state index contributed by atoms with van der Waals surface area (Å²) in [4.78, 5) is 12.9. The summed E-state index contributed by atoms with van der Waals surface area (Å²) >= 11 is 1.34. The number of hydrogen-bond donors (Lipinski definition) is 2. The van der Waals surface area contributed by atoms with Crippen LogP contribution in [0.15, 0.2) is 48.8 Å². The van der Waals surface area contributed by atoms with Crippen molar-refractivity contribution >= 4 is 34.7 Å². The van der Waals surface area contributed by atoms with Crippen molar-refractivity contribution in [3.63, 3.8) is 0 Å². The number of hydrogen-bond acceptors (Lipinski definition) is 5. The summed E-state index contributed by atoms with van der Waals surface area (Å²) in [6.07, 6.45) is 8.15. The number of nitrogens with zero attached hydrogens (tertiary/aromatic N) is 2. The molecule has 6 heteroatoms. The van der Waals surface area contributed by atoms with Gasteiger partial charge < -0.3 is 15.1 Å². The Morgan fingerprint density at radius 1 is 1.00 bits per heavy atom. The van der Waals surface area contributed by atoms with E-state index >= 15 is 0 Å². The summed E-state index contributed by atoms with van der Waals surface area (Å²) in [7, 11) is 0. The number of carbonyl (C=O) groups is 1. The molecule has 1 aromatic carbocycles. The topological polar surface area (TPSA) is 64.7 Å². The van der Waals surface area contributed by atoms with E-state index in [0.717, 1.165) is 29.1 Å². The molecule has 0 aliphatic heterocycles. The van der Waals surface area contributed by atoms with E-state index in [1.807, 2.05) is 53.7 Å². The fourth-order valence-electron chi connectivity index (χ4n) is 2.62. The smallest absolute Gasteiger partial charge is 0.186 e. The standard InChI is InChI=1S/C21H27N2O3S/c1-18(26)27-17-14-22-10-8-20(9-11-22)3-2-19-4-6-21(7-5-19)23(12-15-24)13-16-25/h2-11,24-25H,12-17H2,1H3/q+1. The highest BCUT2D eigenvalue weighted by Crippen LogP contribution is 2.16. The molecule has 0 bridgehead atoms. The average Bonchev–Trinajstić information content (AvgIpc) is 2.67. The maximum Gasteiger partial charge on any atom is 0.186 e. The first-order valence-corrected chi connectivity index (χ1v) is 9.98. The first-order valence-electron chi connectivity index (χ1n) is 8.99. The van der Waals surface area contributed by atoms with Crippen molar-refractivity contribution in [2.45, 2.75) is 13.5 Å². The molecule has 144 valence electrons. The lowest BCUT2D eigenvalue weighted by atomic mass is 10.1. The van der Waals surface area contributed by atoms with Crippen LogP contribution in [0.25, 0.3) is 12.2 Å². The molecule has 27 heavy (non-hydrogen) atoms. The summed E-state index contributed by atoms with van der Waals surface area (Å²) in [5.41, 5.74) is 3.18. The minimum Gasteiger partial charge on any atom is -0.395 e. The molecular formula is C21H27N2O3S+. The van der Waals surface area contributed by atoms with Crippen molar-refractivity contribution in [2.75, 3.05) is 37.0 Å². The number of carbonyl (C=O) groups excluding carboxylic acids is 1. The Balaban J connectivity index is 1.94. The predicted octanol–water partition coefficient (Wildman–Crippen LogP) is 2.22. The number of anilines is 1. The number of aryl methyl sites for hydroxylation is 1.